The van der Waals surface area contributed by atoms with Crippen LogP contribution in [0.3, 0.4) is 0 Å². The zero-order valence-corrected chi connectivity index (χ0v) is 16.4. The lowest BCUT2D eigenvalue weighted by molar-refractivity contribution is 0.258. The van der Waals surface area contributed by atoms with Gasteiger partial charge in [-0.1, -0.05) is 23.4 Å². The van der Waals surface area contributed by atoms with Gasteiger partial charge in [-0.05, 0) is 55.7 Å². The molecule has 0 saturated carbocycles. The van der Waals surface area contributed by atoms with Crippen molar-refractivity contribution >= 4 is 10.0 Å². The number of hydrogen-bond donors (Lipinski definition) is 0. The van der Waals surface area contributed by atoms with E-state index in [1.54, 1.807) is 30.5 Å². The fourth-order valence-corrected chi connectivity index (χ4v) is 4.86. The van der Waals surface area contributed by atoms with Gasteiger partial charge >= 0.3 is 0 Å². The third-order valence-corrected chi connectivity index (χ3v) is 6.93. The van der Waals surface area contributed by atoms with E-state index < -0.39 is 10.0 Å². The van der Waals surface area contributed by atoms with E-state index in [4.69, 9.17) is 4.74 Å². The van der Waals surface area contributed by atoms with Gasteiger partial charge in [0.25, 0.3) is 0 Å². The van der Waals surface area contributed by atoms with E-state index in [1.807, 2.05) is 42.1 Å². The smallest absolute Gasteiger partial charge is 0.243 e. The monoisotopic (exact) mass is 398 g/mol. The van der Waals surface area contributed by atoms with Crippen LogP contribution >= 0.6 is 0 Å². The predicted octanol–water partition coefficient (Wildman–Crippen LogP) is 3.40. The number of benzene rings is 2. The molecule has 8 heteroatoms. The summed E-state index contributed by atoms with van der Waals surface area (Å²) in [7, 11) is -3.52. The fraction of sp³-hybridized carbons (Fsp3) is 0.300. The minimum Gasteiger partial charge on any atom is -0.457 e. The van der Waals surface area contributed by atoms with E-state index in [0.29, 0.717) is 18.8 Å². The molecule has 1 aliphatic heterocycles. The minimum absolute atomic E-state index is 0.193. The van der Waals surface area contributed by atoms with Crippen LogP contribution in [0, 0.1) is 6.92 Å². The molecule has 7 nitrogen and oxygen atoms in total. The number of aryl methyl sites for hydroxylation is 1. The second-order valence-electron chi connectivity index (χ2n) is 6.86. The zero-order chi connectivity index (χ0) is 19.6. The van der Waals surface area contributed by atoms with Gasteiger partial charge in [-0.15, -0.1) is 5.10 Å². The van der Waals surface area contributed by atoms with Crippen molar-refractivity contribution < 1.29 is 13.2 Å². The Hall–Kier alpha value is -2.71. The molecule has 146 valence electrons. The number of sulfonamides is 1. The summed E-state index contributed by atoms with van der Waals surface area (Å²) in [5.74, 6) is 1.37. The summed E-state index contributed by atoms with van der Waals surface area (Å²) < 4.78 is 35.1. The molecule has 2 aromatic carbocycles. The van der Waals surface area contributed by atoms with E-state index in [9.17, 15) is 8.42 Å². The second kappa shape index (κ2) is 7.73. The molecule has 1 aliphatic rings. The summed E-state index contributed by atoms with van der Waals surface area (Å²) in [6.07, 6.45) is 4.90. The topological polar surface area (TPSA) is 77.3 Å². The van der Waals surface area contributed by atoms with Crippen LogP contribution in [0.4, 0.5) is 0 Å². The summed E-state index contributed by atoms with van der Waals surface area (Å²) in [6.45, 7) is 2.90. The highest BCUT2D eigenvalue weighted by Gasteiger charge is 2.30. The second-order valence-corrected chi connectivity index (χ2v) is 8.80. The number of rotatable bonds is 5. The van der Waals surface area contributed by atoms with E-state index in [1.165, 1.54) is 4.31 Å². The molecule has 0 aliphatic carbocycles. The highest BCUT2D eigenvalue weighted by molar-refractivity contribution is 7.89. The van der Waals surface area contributed by atoms with Crippen LogP contribution in [0.25, 0.3) is 0 Å². The molecule has 1 aromatic heterocycles. The van der Waals surface area contributed by atoms with Crippen LogP contribution in [0.15, 0.2) is 65.8 Å². The Morgan fingerprint density at radius 1 is 1.04 bits per heavy atom. The van der Waals surface area contributed by atoms with E-state index in [2.05, 4.69) is 10.3 Å². The fourth-order valence-electron chi connectivity index (χ4n) is 3.39. The van der Waals surface area contributed by atoms with Crippen molar-refractivity contribution in [2.45, 2.75) is 30.7 Å². The molecular formula is C20H22N4O3S. The van der Waals surface area contributed by atoms with Crippen LogP contribution < -0.4 is 4.74 Å². The SMILES string of the molecule is Cc1ccccc1Oc1ccc(S(=O)(=O)N2CCC(n3ccnn3)CC2)cc1. The molecule has 1 fully saturated rings. The number of nitrogens with zero attached hydrogens (tertiary/aromatic N) is 4. The minimum atomic E-state index is -3.52. The molecule has 1 saturated heterocycles. The van der Waals surface area contributed by atoms with Crippen LogP contribution in [-0.4, -0.2) is 40.8 Å². The van der Waals surface area contributed by atoms with Crippen molar-refractivity contribution in [1.29, 1.82) is 0 Å². The largest absolute Gasteiger partial charge is 0.457 e. The third-order valence-electron chi connectivity index (χ3n) is 5.02. The van der Waals surface area contributed by atoms with Crippen LogP contribution in [0.1, 0.15) is 24.4 Å². The molecule has 2 heterocycles. The Balaban J connectivity index is 1.44. The molecular weight excluding hydrogens is 376 g/mol. The number of piperidine rings is 1. The van der Waals surface area contributed by atoms with Crippen molar-refractivity contribution in [2.75, 3.05) is 13.1 Å². The predicted molar refractivity (Wildman–Crippen MR) is 105 cm³/mol. The van der Waals surface area contributed by atoms with Gasteiger partial charge < -0.3 is 4.74 Å². The first-order chi connectivity index (χ1) is 13.5. The van der Waals surface area contributed by atoms with Crippen molar-refractivity contribution in [3.05, 3.63) is 66.5 Å². The van der Waals surface area contributed by atoms with Gasteiger partial charge in [-0.3, -0.25) is 0 Å². The number of para-hydroxylation sites is 1. The van der Waals surface area contributed by atoms with Gasteiger partial charge in [0.1, 0.15) is 11.5 Å². The Bertz CT molecular complexity index is 1030. The van der Waals surface area contributed by atoms with Gasteiger partial charge in [0.15, 0.2) is 0 Å². The molecule has 0 atom stereocenters. The van der Waals surface area contributed by atoms with Crippen molar-refractivity contribution in [2.24, 2.45) is 0 Å². The molecule has 0 radical (unpaired) electrons. The van der Waals surface area contributed by atoms with Gasteiger partial charge in [0.2, 0.25) is 10.0 Å². The van der Waals surface area contributed by atoms with Gasteiger partial charge in [0.05, 0.1) is 17.1 Å². The summed E-state index contributed by atoms with van der Waals surface area (Å²) in [5, 5.41) is 7.85. The quantitative estimate of drug-likeness (QED) is 0.658. The van der Waals surface area contributed by atoms with E-state index in [-0.39, 0.29) is 10.9 Å². The Labute approximate surface area is 164 Å². The van der Waals surface area contributed by atoms with E-state index >= 15 is 0 Å². The summed E-state index contributed by atoms with van der Waals surface area (Å²) in [6, 6.07) is 14.5. The normalized spacial score (nSPS) is 16.2. The number of hydrogen-bond acceptors (Lipinski definition) is 5. The maximum Gasteiger partial charge on any atom is 0.243 e. The molecule has 0 unspecified atom stereocenters. The first kappa shape index (κ1) is 18.6. The highest BCUT2D eigenvalue weighted by atomic mass is 32.2. The lowest BCUT2D eigenvalue weighted by Gasteiger charge is -2.31. The van der Waals surface area contributed by atoms with Gasteiger partial charge in [-0.25, -0.2) is 13.1 Å². The molecule has 0 amide bonds. The lowest BCUT2D eigenvalue weighted by atomic mass is 10.1. The third kappa shape index (κ3) is 3.79. The first-order valence-corrected chi connectivity index (χ1v) is 10.7. The van der Waals surface area contributed by atoms with Crippen LogP contribution in [0.5, 0.6) is 11.5 Å². The van der Waals surface area contributed by atoms with Crippen LogP contribution in [0.2, 0.25) is 0 Å². The molecule has 0 bridgehead atoms. The van der Waals surface area contributed by atoms with Crippen molar-refractivity contribution in [1.82, 2.24) is 19.3 Å². The molecule has 28 heavy (non-hydrogen) atoms. The zero-order valence-electron chi connectivity index (χ0n) is 15.6. The number of ether oxygens (including phenoxy) is 1. The highest BCUT2D eigenvalue weighted by Crippen LogP contribution is 2.29. The first-order valence-electron chi connectivity index (χ1n) is 9.23. The number of aromatic nitrogens is 3. The average Bonchev–Trinajstić information content (AvgIpc) is 3.25. The lowest BCUT2D eigenvalue weighted by Crippen LogP contribution is -2.39. The van der Waals surface area contributed by atoms with Gasteiger partial charge in [-0.2, -0.15) is 4.31 Å². The molecule has 4 rings (SSSR count). The Kier molecular flexibility index (Phi) is 5.15. The maximum absolute atomic E-state index is 13.0. The maximum atomic E-state index is 13.0. The van der Waals surface area contributed by atoms with Crippen LogP contribution in [-0.2, 0) is 10.0 Å². The average molecular weight is 398 g/mol. The Morgan fingerprint density at radius 2 is 1.75 bits per heavy atom. The summed E-state index contributed by atoms with van der Waals surface area (Å²) in [5.41, 5.74) is 1.02. The summed E-state index contributed by atoms with van der Waals surface area (Å²) in [4.78, 5) is 0.281. The Morgan fingerprint density at radius 3 is 2.39 bits per heavy atom. The van der Waals surface area contributed by atoms with E-state index in [0.717, 1.165) is 24.2 Å². The molecule has 0 spiro atoms. The standard InChI is InChI=1S/C20H22N4O3S/c1-16-4-2-3-5-20(16)27-18-6-8-19(9-7-18)28(25,26)23-13-10-17(11-14-23)24-15-12-21-22-24/h2-9,12,15,17H,10-11,13-14H2,1H3. The molecule has 3 aromatic rings. The molecule has 0 N–H and O–H groups in total. The van der Waals surface area contributed by atoms with Crippen molar-refractivity contribution in [3.63, 3.8) is 0 Å². The summed E-state index contributed by atoms with van der Waals surface area (Å²) >= 11 is 0. The van der Waals surface area contributed by atoms with Gasteiger partial charge in [0, 0.05) is 19.3 Å². The van der Waals surface area contributed by atoms with Crippen molar-refractivity contribution in [3.8, 4) is 11.5 Å².